The molecule has 5 heteroatoms. The summed E-state index contributed by atoms with van der Waals surface area (Å²) >= 11 is 0. The molecule has 1 saturated heterocycles. The molecule has 146 valence electrons. The first-order valence-corrected chi connectivity index (χ1v) is 10.2. The van der Waals surface area contributed by atoms with Gasteiger partial charge in [0.2, 0.25) is 0 Å². The molecule has 2 aromatic heterocycles. The van der Waals surface area contributed by atoms with Crippen LogP contribution in [0, 0.1) is 0 Å². The topological polar surface area (TPSA) is 43.2 Å². The average molecular weight is 377 g/mol. The molecule has 0 spiro atoms. The van der Waals surface area contributed by atoms with Crippen molar-refractivity contribution in [2.24, 2.45) is 0 Å². The van der Waals surface area contributed by atoms with E-state index in [1.54, 1.807) is 0 Å². The fraction of sp³-hybridized carbons (Fsp3) is 0.391. The summed E-state index contributed by atoms with van der Waals surface area (Å²) < 4.78 is 8.25. The van der Waals surface area contributed by atoms with Crippen LogP contribution in [0.15, 0.2) is 67.4 Å². The third-order valence-corrected chi connectivity index (χ3v) is 5.37. The minimum atomic E-state index is 0.407. The number of benzene rings is 1. The zero-order valence-corrected chi connectivity index (χ0v) is 16.3. The summed E-state index contributed by atoms with van der Waals surface area (Å²) in [5.74, 6) is 1.01. The Morgan fingerprint density at radius 2 is 1.96 bits per heavy atom. The summed E-state index contributed by atoms with van der Waals surface area (Å²) in [6, 6.07) is 15.1. The van der Waals surface area contributed by atoms with E-state index in [1.165, 1.54) is 24.1 Å². The van der Waals surface area contributed by atoms with Crippen molar-refractivity contribution in [3.8, 4) is 5.75 Å². The first-order chi connectivity index (χ1) is 13.9. The van der Waals surface area contributed by atoms with Gasteiger partial charge in [-0.05, 0) is 50.4 Å². The normalized spacial score (nSPS) is 17.1. The summed E-state index contributed by atoms with van der Waals surface area (Å²) in [4.78, 5) is 11.2. The Bertz CT molecular complexity index is 835. The summed E-state index contributed by atoms with van der Waals surface area (Å²) in [7, 11) is 0. The lowest BCUT2D eigenvalue weighted by Crippen LogP contribution is -2.23. The van der Waals surface area contributed by atoms with Crippen LogP contribution >= 0.6 is 0 Å². The van der Waals surface area contributed by atoms with Gasteiger partial charge in [0, 0.05) is 37.2 Å². The molecule has 5 nitrogen and oxygen atoms in total. The zero-order valence-electron chi connectivity index (χ0n) is 16.3. The largest absolute Gasteiger partial charge is 0.493 e. The molecule has 0 radical (unpaired) electrons. The van der Waals surface area contributed by atoms with Crippen LogP contribution in [0.1, 0.15) is 43.0 Å². The first kappa shape index (κ1) is 18.7. The monoisotopic (exact) mass is 376 g/mol. The second kappa shape index (κ2) is 9.51. The van der Waals surface area contributed by atoms with E-state index in [-0.39, 0.29) is 0 Å². The fourth-order valence-electron chi connectivity index (χ4n) is 3.92. The van der Waals surface area contributed by atoms with Crippen molar-refractivity contribution in [2.45, 2.75) is 44.8 Å². The predicted octanol–water partition coefficient (Wildman–Crippen LogP) is 4.47. The van der Waals surface area contributed by atoms with Crippen molar-refractivity contribution in [1.82, 2.24) is 19.4 Å². The molecule has 1 atom stereocenters. The Morgan fingerprint density at radius 1 is 1.04 bits per heavy atom. The highest BCUT2D eigenvalue weighted by Crippen LogP contribution is 2.33. The van der Waals surface area contributed by atoms with Gasteiger partial charge in [-0.25, -0.2) is 4.98 Å². The maximum Gasteiger partial charge on any atom is 0.123 e. The number of aromatic nitrogens is 3. The summed E-state index contributed by atoms with van der Waals surface area (Å²) in [5, 5.41) is 0. The molecular formula is C23H28N4O. The first-order valence-electron chi connectivity index (χ1n) is 10.2. The summed E-state index contributed by atoms with van der Waals surface area (Å²) in [6.45, 7) is 3.76. The van der Waals surface area contributed by atoms with E-state index < -0.39 is 0 Å². The third kappa shape index (κ3) is 4.78. The molecule has 4 rings (SSSR count). The molecule has 0 saturated carbocycles. The smallest absolute Gasteiger partial charge is 0.123 e. The van der Waals surface area contributed by atoms with Gasteiger partial charge >= 0.3 is 0 Å². The predicted molar refractivity (Wildman–Crippen MR) is 110 cm³/mol. The molecular weight excluding hydrogens is 348 g/mol. The SMILES string of the molecule is c1ccc(C2CCCN2Cc2ccccc2OCCCCn2ccnc2)nc1. The molecule has 1 fully saturated rings. The van der Waals surface area contributed by atoms with Crippen molar-refractivity contribution in [3.63, 3.8) is 0 Å². The highest BCUT2D eigenvalue weighted by Gasteiger charge is 2.27. The fourth-order valence-corrected chi connectivity index (χ4v) is 3.92. The van der Waals surface area contributed by atoms with E-state index in [1.807, 2.05) is 31.0 Å². The van der Waals surface area contributed by atoms with Crippen LogP contribution in [-0.4, -0.2) is 32.6 Å². The number of likely N-dealkylation sites (tertiary alicyclic amines) is 1. The Morgan fingerprint density at radius 3 is 2.82 bits per heavy atom. The third-order valence-electron chi connectivity index (χ3n) is 5.37. The number of hydrogen-bond donors (Lipinski definition) is 0. The maximum absolute atomic E-state index is 6.14. The highest BCUT2D eigenvalue weighted by atomic mass is 16.5. The number of rotatable bonds is 9. The molecule has 28 heavy (non-hydrogen) atoms. The number of ether oxygens (including phenoxy) is 1. The van der Waals surface area contributed by atoms with Gasteiger partial charge in [-0.3, -0.25) is 9.88 Å². The van der Waals surface area contributed by atoms with Crippen LogP contribution in [0.3, 0.4) is 0 Å². The molecule has 1 aromatic carbocycles. The van der Waals surface area contributed by atoms with Gasteiger partial charge in [0.25, 0.3) is 0 Å². The molecule has 0 amide bonds. The van der Waals surface area contributed by atoms with Gasteiger partial charge in [0.1, 0.15) is 5.75 Å². The van der Waals surface area contributed by atoms with E-state index in [0.717, 1.165) is 44.8 Å². The Kier molecular flexibility index (Phi) is 6.35. The van der Waals surface area contributed by atoms with Crippen LogP contribution in [0.5, 0.6) is 5.75 Å². The van der Waals surface area contributed by atoms with E-state index in [9.17, 15) is 0 Å². The van der Waals surface area contributed by atoms with Crippen molar-refractivity contribution in [1.29, 1.82) is 0 Å². The van der Waals surface area contributed by atoms with Crippen molar-refractivity contribution >= 4 is 0 Å². The average Bonchev–Trinajstić information content (AvgIpc) is 3.42. The minimum absolute atomic E-state index is 0.407. The van der Waals surface area contributed by atoms with Gasteiger partial charge in [-0.2, -0.15) is 0 Å². The van der Waals surface area contributed by atoms with Crippen molar-refractivity contribution in [2.75, 3.05) is 13.2 Å². The van der Waals surface area contributed by atoms with Crippen LogP contribution in [-0.2, 0) is 13.1 Å². The number of nitrogens with zero attached hydrogens (tertiary/aromatic N) is 4. The number of imidazole rings is 1. The standard InChI is InChI=1S/C23H28N4O/c1-2-11-23(28-17-6-5-14-26-16-13-24-19-26)20(8-1)18-27-15-7-10-22(27)21-9-3-4-12-25-21/h1-4,8-9,11-13,16,19,22H,5-7,10,14-15,17-18H2. The number of para-hydroxylation sites is 1. The molecule has 3 aromatic rings. The zero-order chi connectivity index (χ0) is 19.0. The van der Waals surface area contributed by atoms with Crippen LogP contribution in [0.2, 0.25) is 0 Å². The number of unbranched alkanes of at least 4 members (excludes halogenated alkanes) is 1. The van der Waals surface area contributed by atoms with Crippen molar-refractivity contribution < 1.29 is 4.74 Å². The quantitative estimate of drug-likeness (QED) is 0.517. The molecule has 0 bridgehead atoms. The van der Waals surface area contributed by atoms with Crippen LogP contribution in [0.25, 0.3) is 0 Å². The number of pyridine rings is 1. The van der Waals surface area contributed by atoms with Gasteiger partial charge in [0.05, 0.1) is 24.7 Å². The molecule has 3 heterocycles. The molecule has 1 aliphatic heterocycles. The Balaban J connectivity index is 1.32. The van der Waals surface area contributed by atoms with Gasteiger partial charge < -0.3 is 9.30 Å². The van der Waals surface area contributed by atoms with Gasteiger partial charge in [-0.1, -0.05) is 24.3 Å². The van der Waals surface area contributed by atoms with Crippen LogP contribution in [0.4, 0.5) is 0 Å². The molecule has 0 N–H and O–H groups in total. The van der Waals surface area contributed by atoms with Gasteiger partial charge in [0.15, 0.2) is 0 Å². The van der Waals surface area contributed by atoms with E-state index in [2.05, 4.69) is 55.8 Å². The summed E-state index contributed by atoms with van der Waals surface area (Å²) in [6.07, 6.45) is 12.1. The van der Waals surface area contributed by atoms with E-state index in [4.69, 9.17) is 4.74 Å². The lowest BCUT2D eigenvalue weighted by atomic mass is 10.1. The Labute approximate surface area is 167 Å². The van der Waals surface area contributed by atoms with E-state index in [0.29, 0.717) is 6.04 Å². The summed E-state index contributed by atoms with van der Waals surface area (Å²) in [5.41, 5.74) is 2.44. The molecule has 0 aliphatic carbocycles. The van der Waals surface area contributed by atoms with Gasteiger partial charge in [-0.15, -0.1) is 0 Å². The minimum Gasteiger partial charge on any atom is -0.493 e. The second-order valence-electron chi connectivity index (χ2n) is 7.35. The van der Waals surface area contributed by atoms with E-state index >= 15 is 0 Å². The molecule has 1 aliphatic rings. The second-order valence-corrected chi connectivity index (χ2v) is 7.35. The number of aryl methyl sites for hydroxylation is 1. The number of hydrogen-bond acceptors (Lipinski definition) is 4. The maximum atomic E-state index is 6.14. The highest BCUT2D eigenvalue weighted by molar-refractivity contribution is 5.33. The van der Waals surface area contributed by atoms with Crippen molar-refractivity contribution in [3.05, 3.63) is 78.6 Å². The van der Waals surface area contributed by atoms with Crippen LogP contribution < -0.4 is 4.74 Å². The lowest BCUT2D eigenvalue weighted by molar-refractivity contribution is 0.236. The Hall–Kier alpha value is -2.66. The molecule has 1 unspecified atom stereocenters. The lowest BCUT2D eigenvalue weighted by Gasteiger charge is -2.25.